The van der Waals surface area contributed by atoms with E-state index < -0.39 is 8.07 Å². The van der Waals surface area contributed by atoms with Crippen LogP contribution in [-0.4, -0.2) is 26.4 Å². The third-order valence-electron chi connectivity index (χ3n) is 6.41. The van der Waals surface area contributed by atoms with Gasteiger partial charge in [-0.2, -0.15) is 0 Å². The fourth-order valence-electron chi connectivity index (χ4n) is 3.63. The third kappa shape index (κ3) is 4.35. The van der Waals surface area contributed by atoms with E-state index in [1.807, 2.05) is 0 Å². The van der Waals surface area contributed by atoms with Gasteiger partial charge in [0.1, 0.15) is 8.07 Å². The molecule has 1 heterocycles. The summed E-state index contributed by atoms with van der Waals surface area (Å²) in [6.07, 6.45) is 3.17. The Hall–Kier alpha value is -1.62. The van der Waals surface area contributed by atoms with Gasteiger partial charge in [-0.25, -0.2) is 0 Å². The Kier molecular flexibility index (Phi) is 5.77. The molecule has 1 saturated heterocycles. The maximum Gasteiger partial charge on any atom is 0.461 e. The fourth-order valence-corrected chi connectivity index (χ4v) is 6.23. The molecule has 0 aromatic heterocycles. The lowest BCUT2D eigenvalue weighted by atomic mass is 9.84. The molecule has 0 radical (unpaired) electrons. The average Bonchev–Trinajstić information content (AvgIpc) is 2.83. The van der Waals surface area contributed by atoms with Crippen LogP contribution in [0.1, 0.15) is 38.8 Å². The van der Waals surface area contributed by atoms with Crippen molar-refractivity contribution in [1.82, 2.24) is 0 Å². The molecule has 2 aromatic rings. The van der Waals surface area contributed by atoms with Crippen molar-refractivity contribution < 1.29 is 9.31 Å². The topological polar surface area (TPSA) is 18.5 Å². The highest BCUT2D eigenvalue weighted by atomic mass is 28.3. The minimum Gasteiger partial charge on any atom is -0.403 e. The predicted molar refractivity (Wildman–Crippen MR) is 124 cm³/mol. The van der Waals surface area contributed by atoms with E-state index in [-0.39, 0.29) is 18.3 Å². The van der Waals surface area contributed by atoms with Crippen molar-refractivity contribution in [3.63, 3.8) is 0 Å². The zero-order valence-electron chi connectivity index (χ0n) is 18.4. The summed E-state index contributed by atoms with van der Waals surface area (Å²) in [5, 5.41) is 2.88. The van der Waals surface area contributed by atoms with Gasteiger partial charge in [-0.3, -0.25) is 0 Å². The van der Waals surface area contributed by atoms with E-state index in [0.717, 1.165) is 6.32 Å². The van der Waals surface area contributed by atoms with Gasteiger partial charge in [0.15, 0.2) is 0 Å². The van der Waals surface area contributed by atoms with Crippen LogP contribution in [0.3, 0.4) is 0 Å². The van der Waals surface area contributed by atoms with E-state index in [2.05, 4.69) is 108 Å². The molecule has 3 rings (SSSR count). The minimum absolute atomic E-state index is 0.211. The predicted octanol–water partition coefficient (Wildman–Crippen LogP) is 5.63. The van der Waals surface area contributed by atoms with E-state index in [9.17, 15) is 0 Å². The molecule has 0 N–H and O–H groups in total. The summed E-state index contributed by atoms with van der Waals surface area (Å²) in [5.41, 5.74) is 1.92. The summed E-state index contributed by atoms with van der Waals surface area (Å²) in [6.45, 7) is 15.5. The second kappa shape index (κ2) is 7.66. The monoisotopic (exact) mass is 392 g/mol. The summed E-state index contributed by atoms with van der Waals surface area (Å²) >= 11 is 0. The largest absolute Gasteiger partial charge is 0.461 e. The Balaban J connectivity index is 1.97. The van der Waals surface area contributed by atoms with E-state index in [1.54, 1.807) is 0 Å². The standard InChI is InChI=1S/C24H33BO2Si/c1-19-13-15-20(16-14-19)17-22(28(6,7)21-11-9-8-10-12-21)18-25-26-23(2,3)24(4,5)27-25/h8-17H,18H2,1-7H3/b22-17+. The van der Waals surface area contributed by atoms with Gasteiger partial charge in [-0.15, -0.1) is 0 Å². The van der Waals surface area contributed by atoms with Gasteiger partial charge >= 0.3 is 7.12 Å². The molecule has 4 heteroatoms. The smallest absolute Gasteiger partial charge is 0.403 e. The van der Waals surface area contributed by atoms with E-state index in [4.69, 9.17) is 9.31 Å². The highest BCUT2D eigenvalue weighted by molar-refractivity contribution is 6.96. The first-order chi connectivity index (χ1) is 13.0. The molecule has 0 spiro atoms. The molecular weight excluding hydrogens is 359 g/mol. The van der Waals surface area contributed by atoms with Gasteiger partial charge < -0.3 is 9.31 Å². The van der Waals surface area contributed by atoms with Gasteiger partial charge in [0.05, 0.1) is 11.2 Å². The van der Waals surface area contributed by atoms with Crippen molar-refractivity contribution in [2.45, 2.75) is 65.2 Å². The summed E-state index contributed by atoms with van der Waals surface area (Å²) in [7, 11) is -2.08. The van der Waals surface area contributed by atoms with Crippen molar-refractivity contribution in [1.29, 1.82) is 0 Å². The highest BCUT2D eigenvalue weighted by Gasteiger charge is 2.51. The molecule has 1 aliphatic heterocycles. The first-order valence-corrected chi connectivity index (χ1v) is 13.2. The van der Waals surface area contributed by atoms with E-state index in [0.29, 0.717) is 0 Å². The van der Waals surface area contributed by atoms with Crippen molar-refractivity contribution in [2.75, 3.05) is 0 Å². The number of rotatable bonds is 5. The van der Waals surface area contributed by atoms with E-state index in [1.165, 1.54) is 21.5 Å². The van der Waals surface area contributed by atoms with Crippen LogP contribution in [0, 0.1) is 6.92 Å². The fraction of sp³-hybridized carbons (Fsp3) is 0.417. The lowest BCUT2D eigenvalue weighted by Crippen LogP contribution is -2.45. The lowest BCUT2D eigenvalue weighted by molar-refractivity contribution is 0.00578. The SMILES string of the molecule is Cc1ccc(/C=C(\CB2OC(C)(C)C(C)(C)O2)[Si](C)(C)c2ccccc2)cc1. The number of hydrogen-bond donors (Lipinski definition) is 0. The van der Waals surface area contributed by atoms with Gasteiger partial charge in [-0.05, 0) is 40.2 Å². The molecule has 0 saturated carbocycles. The first-order valence-electron chi connectivity index (χ1n) is 10.2. The van der Waals surface area contributed by atoms with Crippen LogP contribution in [0.15, 0.2) is 59.8 Å². The van der Waals surface area contributed by atoms with E-state index >= 15 is 0 Å². The number of allylic oxidation sites excluding steroid dienone is 1. The maximum atomic E-state index is 6.34. The zero-order valence-corrected chi connectivity index (χ0v) is 19.4. The molecule has 148 valence electrons. The van der Waals surface area contributed by atoms with Crippen LogP contribution in [0.4, 0.5) is 0 Å². The quantitative estimate of drug-likeness (QED) is 0.615. The Morgan fingerprint density at radius 2 is 1.43 bits per heavy atom. The van der Waals surface area contributed by atoms with Crippen LogP contribution >= 0.6 is 0 Å². The van der Waals surface area contributed by atoms with Crippen LogP contribution in [-0.2, 0) is 9.31 Å². The second-order valence-corrected chi connectivity index (χ2v) is 13.9. The van der Waals surface area contributed by atoms with Gasteiger partial charge in [0, 0.05) is 6.32 Å². The Morgan fingerprint density at radius 3 is 1.96 bits per heavy atom. The molecule has 1 fully saturated rings. The van der Waals surface area contributed by atoms with Gasteiger partial charge in [0.25, 0.3) is 0 Å². The molecule has 28 heavy (non-hydrogen) atoms. The third-order valence-corrected chi connectivity index (χ3v) is 10.1. The molecule has 0 atom stereocenters. The zero-order chi connectivity index (χ0) is 20.6. The highest BCUT2D eigenvalue weighted by Crippen LogP contribution is 2.39. The van der Waals surface area contributed by atoms with Crippen LogP contribution in [0.25, 0.3) is 6.08 Å². The van der Waals surface area contributed by atoms with Crippen molar-refractivity contribution in [2.24, 2.45) is 0 Å². The summed E-state index contributed by atoms with van der Waals surface area (Å²) < 4.78 is 12.7. The molecule has 2 nitrogen and oxygen atoms in total. The lowest BCUT2D eigenvalue weighted by Gasteiger charge is -2.32. The number of hydrogen-bond acceptors (Lipinski definition) is 2. The second-order valence-electron chi connectivity index (χ2n) is 9.46. The molecule has 2 aromatic carbocycles. The van der Waals surface area contributed by atoms with Gasteiger partial charge in [-0.1, -0.05) is 89.7 Å². The first kappa shape index (κ1) is 21.1. The number of benzene rings is 2. The molecule has 0 amide bonds. The molecule has 0 bridgehead atoms. The van der Waals surface area contributed by atoms with Crippen molar-refractivity contribution in [3.05, 3.63) is 70.9 Å². The Morgan fingerprint density at radius 1 is 0.893 bits per heavy atom. The maximum absolute atomic E-state index is 6.34. The summed E-state index contributed by atoms with van der Waals surface area (Å²) in [4.78, 5) is 0. The van der Waals surface area contributed by atoms with Crippen molar-refractivity contribution in [3.8, 4) is 0 Å². The normalized spacial score (nSPS) is 19.1. The van der Waals surface area contributed by atoms with Crippen LogP contribution < -0.4 is 5.19 Å². The summed E-state index contributed by atoms with van der Waals surface area (Å²) in [5.74, 6) is 0. The Bertz CT molecular complexity index is 823. The molecule has 1 aliphatic rings. The Labute approximate surface area is 172 Å². The average molecular weight is 392 g/mol. The van der Waals surface area contributed by atoms with Crippen LogP contribution in [0.2, 0.25) is 19.4 Å². The minimum atomic E-state index is -1.86. The summed E-state index contributed by atoms with van der Waals surface area (Å²) in [6, 6.07) is 19.7. The van der Waals surface area contributed by atoms with Crippen molar-refractivity contribution >= 4 is 26.5 Å². The molecule has 0 aliphatic carbocycles. The molecule has 0 unspecified atom stereocenters. The van der Waals surface area contributed by atoms with Crippen LogP contribution in [0.5, 0.6) is 0 Å². The van der Waals surface area contributed by atoms with Gasteiger partial charge in [0.2, 0.25) is 0 Å². The number of aryl methyl sites for hydroxylation is 1. The molecular formula is C24H33BO2Si.